The highest BCUT2D eigenvalue weighted by atomic mass is 16.2. The summed E-state index contributed by atoms with van der Waals surface area (Å²) in [7, 11) is 0. The molecule has 0 bridgehead atoms. The number of hydrogen-bond acceptors (Lipinski definition) is 3. The van der Waals surface area contributed by atoms with Gasteiger partial charge in [-0.3, -0.25) is 19.3 Å². The van der Waals surface area contributed by atoms with Crippen molar-refractivity contribution < 1.29 is 19.7 Å². The molecule has 0 saturated carbocycles. The Bertz CT molecular complexity index is 841. The Balaban J connectivity index is 1.89. The van der Waals surface area contributed by atoms with Crippen LogP contribution in [-0.4, -0.2) is 34.2 Å². The first kappa shape index (κ1) is 18.2. The van der Waals surface area contributed by atoms with Crippen LogP contribution in [0.2, 0.25) is 0 Å². The van der Waals surface area contributed by atoms with Crippen molar-refractivity contribution in [2.45, 2.75) is 58.2 Å². The third-order valence-electron chi connectivity index (χ3n) is 6.19. The summed E-state index contributed by atoms with van der Waals surface area (Å²) >= 11 is 0. The first-order chi connectivity index (χ1) is 12.6. The van der Waals surface area contributed by atoms with Crippen LogP contribution in [0, 0.1) is 17.8 Å². The highest BCUT2D eigenvalue weighted by Crippen LogP contribution is 2.50. The van der Waals surface area contributed by atoms with Crippen molar-refractivity contribution in [1.29, 1.82) is 0 Å². The highest BCUT2D eigenvalue weighted by Gasteiger charge is 2.74. The minimum atomic E-state index is -1.05. The number of carbonyl (C=O) groups excluding carboxylic acids is 3. The van der Waals surface area contributed by atoms with E-state index in [-0.39, 0.29) is 23.8 Å². The molecule has 144 valence electrons. The molecule has 2 saturated heterocycles. The largest absolute Gasteiger partial charge is 0.326 e. The molecular formula is C21H28N3O3+. The SMILES string of the molecule is CC(C)C[C@@H]1[NH2+][C@]2(C(=O)Nc3ccccc32)[C@@H]2C(=O)N(C(C)(C)C)C(=O)[C@H]12. The molecule has 27 heavy (non-hydrogen) atoms. The second-order valence-electron chi connectivity index (χ2n) is 9.51. The fraction of sp³-hybridized carbons (Fsp3) is 0.571. The zero-order chi connectivity index (χ0) is 19.7. The smallest absolute Gasteiger partial charge is 0.291 e. The second kappa shape index (κ2) is 5.64. The Hall–Kier alpha value is -2.21. The number of benzene rings is 1. The van der Waals surface area contributed by atoms with E-state index in [4.69, 9.17) is 0 Å². The first-order valence-corrected chi connectivity index (χ1v) is 9.74. The Morgan fingerprint density at radius 1 is 1.15 bits per heavy atom. The van der Waals surface area contributed by atoms with Crippen LogP contribution in [-0.2, 0) is 19.9 Å². The van der Waals surface area contributed by atoms with Gasteiger partial charge in [-0.25, -0.2) is 0 Å². The number of nitrogens with one attached hydrogen (secondary N) is 1. The number of carbonyl (C=O) groups is 3. The zero-order valence-corrected chi connectivity index (χ0v) is 16.6. The molecule has 1 aromatic carbocycles. The number of para-hydroxylation sites is 1. The Kier molecular flexibility index (Phi) is 3.80. The summed E-state index contributed by atoms with van der Waals surface area (Å²) in [5.41, 5.74) is -0.0742. The van der Waals surface area contributed by atoms with E-state index in [0.29, 0.717) is 5.92 Å². The molecule has 4 rings (SSSR count). The van der Waals surface area contributed by atoms with Crippen molar-refractivity contribution in [2.24, 2.45) is 17.8 Å². The van der Waals surface area contributed by atoms with Gasteiger partial charge in [0.05, 0.1) is 5.69 Å². The Morgan fingerprint density at radius 3 is 2.44 bits per heavy atom. The minimum absolute atomic E-state index is 0.0873. The predicted octanol–water partition coefficient (Wildman–Crippen LogP) is 1.23. The molecule has 6 heteroatoms. The Morgan fingerprint density at radius 2 is 1.81 bits per heavy atom. The molecule has 3 aliphatic heterocycles. The number of nitrogens with two attached hydrogens (primary N) is 1. The molecule has 3 N–H and O–H groups in total. The summed E-state index contributed by atoms with van der Waals surface area (Å²) in [5.74, 6) is -1.27. The maximum Gasteiger partial charge on any atom is 0.291 e. The summed E-state index contributed by atoms with van der Waals surface area (Å²) < 4.78 is 0. The predicted molar refractivity (Wildman–Crippen MR) is 101 cm³/mol. The molecule has 0 unspecified atom stereocenters. The minimum Gasteiger partial charge on any atom is -0.326 e. The number of likely N-dealkylation sites (tertiary alicyclic amines) is 1. The van der Waals surface area contributed by atoms with Crippen LogP contribution in [0.5, 0.6) is 0 Å². The monoisotopic (exact) mass is 370 g/mol. The topological polar surface area (TPSA) is 83.1 Å². The molecular weight excluding hydrogens is 342 g/mol. The van der Waals surface area contributed by atoms with E-state index in [9.17, 15) is 14.4 Å². The van der Waals surface area contributed by atoms with Gasteiger partial charge in [-0.15, -0.1) is 0 Å². The fourth-order valence-corrected chi connectivity index (χ4v) is 5.34. The van der Waals surface area contributed by atoms with E-state index in [2.05, 4.69) is 19.2 Å². The molecule has 0 radical (unpaired) electrons. The van der Waals surface area contributed by atoms with Crippen molar-refractivity contribution in [2.75, 3.05) is 5.32 Å². The van der Waals surface area contributed by atoms with Crippen LogP contribution in [0.25, 0.3) is 0 Å². The van der Waals surface area contributed by atoms with Crippen molar-refractivity contribution in [3.63, 3.8) is 0 Å². The van der Waals surface area contributed by atoms with Gasteiger partial charge in [0.15, 0.2) is 0 Å². The normalized spacial score (nSPS) is 32.4. The van der Waals surface area contributed by atoms with Crippen LogP contribution in [0.3, 0.4) is 0 Å². The van der Waals surface area contributed by atoms with E-state index in [0.717, 1.165) is 17.7 Å². The molecule has 2 fully saturated rings. The van der Waals surface area contributed by atoms with Gasteiger partial charge in [-0.2, -0.15) is 0 Å². The summed E-state index contributed by atoms with van der Waals surface area (Å²) in [4.78, 5) is 41.5. The van der Waals surface area contributed by atoms with Gasteiger partial charge >= 0.3 is 0 Å². The number of anilines is 1. The van der Waals surface area contributed by atoms with Gasteiger partial charge in [0.2, 0.25) is 17.4 Å². The fourth-order valence-electron chi connectivity index (χ4n) is 5.34. The lowest BCUT2D eigenvalue weighted by Gasteiger charge is -2.33. The number of amides is 3. The third-order valence-corrected chi connectivity index (χ3v) is 6.19. The van der Waals surface area contributed by atoms with E-state index < -0.39 is 22.9 Å². The van der Waals surface area contributed by atoms with E-state index in [1.54, 1.807) is 0 Å². The number of fused-ring (bicyclic) bond motifs is 4. The van der Waals surface area contributed by atoms with Crippen molar-refractivity contribution in [1.82, 2.24) is 4.90 Å². The number of nitrogens with zero attached hydrogens (tertiary/aromatic N) is 1. The first-order valence-electron chi connectivity index (χ1n) is 9.74. The van der Waals surface area contributed by atoms with Gasteiger partial charge in [-0.05, 0) is 32.8 Å². The summed E-state index contributed by atoms with van der Waals surface area (Å²) in [6.07, 6.45) is 0.787. The second-order valence-corrected chi connectivity index (χ2v) is 9.51. The van der Waals surface area contributed by atoms with Crippen molar-refractivity contribution >= 4 is 23.4 Å². The maximum atomic E-state index is 13.5. The lowest BCUT2D eigenvalue weighted by atomic mass is 9.76. The lowest BCUT2D eigenvalue weighted by molar-refractivity contribution is -0.734. The lowest BCUT2D eigenvalue weighted by Crippen LogP contribution is -2.99. The van der Waals surface area contributed by atoms with Crippen molar-refractivity contribution in [3.05, 3.63) is 29.8 Å². The number of quaternary nitrogens is 1. The van der Waals surface area contributed by atoms with Gasteiger partial charge < -0.3 is 10.6 Å². The van der Waals surface area contributed by atoms with Crippen LogP contribution in [0.4, 0.5) is 5.69 Å². The highest BCUT2D eigenvalue weighted by molar-refractivity contribution is 6.14. The molecule has 3 heterocycles. The van der Waals surface area contributed by atoms with Gasteiger partial charge in [-0.1, -0.05) is 32.0 Å². The van der Waals surface area contributed by atoms with E-state index in [1.807, 2.05) is 50.4 Å². The van der Waals surface area contributed by atoms with Crippen LogP contribution < -0.4 is 10.6 Å². The molecule has 1 aromatic rings. The average molecular weight is 370 g/mol. The van der Waals surface area contributed by atoms with Crippen LogP contribution in [0.15, 0.2) is 24.3 Å². The van der Waals surface area contributed by atoms with Gasteiger partial charge in [0, 0.05) is 17.5 Å². The molecule has 3 amide bonds. The van der Waals surface area contributed by atoms with Gasteiger partial charge in [0.1, 0.15) is 17.9 Å². The molecule has 0 aliphatic carbocycles. The number of rotatable bonds is 2. The standard InChI is InChI=1S/C21H27N3O3/c1-11(2)10-14-15-16(18(26)24(17(15)25)20(3,4)5)21(23-14)12-8-6-7-9-13(12)22-19(21)27/h6-9,11,14-16,23H,10H2,1-5H3,(H,22,27)/p+1/t14-,15+,16-,21-/m0/s1. The molecule has 0 aromatic heterocycles. The van der Waals surface area contributed by atoms with Crippen molar-refractivity contribution in [3.8, 4) is 0 Å². The maximum absolute atomic E-state index is 13.5. The number of hydrogen-bond donors (Lipinski definition) is 2. The Labute approximate surface area is 159 Å². The number of imide groups is 1. The van der Waals surface area contributed by atoms with E-state index >= 15 is 0 Å². The van der Waals surface area contributed by atoms with Gasteiger partial charge in [0.25, 0.3) is 5.91 Å². The quantitative estimate of drug-likeness (QED) is 0.768. The third kappa shape index (κ3) is 2.32. The zero-order valence-electron chi connectivity index (χ0n) is 16.6. The van der Waals surface area contributed by atoms with E-state index in [1.165, 1.54) is 4.90 Å². The molecule has 1 spiro atoms. The molecule has 6 nitrogen and oxygen atoms in total. The summed E-state index contributed by atoms with van der Waals surface area (Å²) in [6.45, 7) is 9.85. The summed E-state index contributed by atoms with van der Waals surface area (Å²) in [5, 5.41) is 4.97. The van der Waals surface area contributed by atoms with Crippen LogP contribution in [0.1, 0.15) is 46.6 Å². The summed E-state index contributed by atoms with van der Waals surface area (Å²) in [6, 6.07) is 7.46. The molecule has 4 atom stereocenters. The molecule has 3 aliphatic rings. The average Bonchev–Trinajstić information content (AvgIpc) is 3.12. The van der Waals surface area contributed by atoms with Crippen LogP contribution >= 0.6 is 0 Å².